The number of nitrogens with zero attached hydrogens (tertiary/aromatic N) is 3. The second-order valence-corrected chi connectivity index (χ2v) is 5.08. The molecule has 0 bridgehead atoms. The summed E-state index contributed by atoms with van der Waals surface area (Å²) in [5.74, 6) is 0.259. The first-order valence-electron chi connectivity index (χ1n) is 7.51. The van der Waals surface area contributed by atoms with E-state index in [4.69, 9.17) is 0 Å². The van der Waals surface area contributed by atoms with Crippen molar-refractivity contribution in [1.82, 2.24) is 20.5 Å². The largest absolute Gasteiger partial charge is 0.306 e. The molecule has 1 atom stereocenters. The highest BCUT2D eigenvalue weighted by atomic mass is 16.2. The van der Waals surface area contributed by atoms with Gasteiger partial charge in [0.25, 0.3) is 0 Å². The average Bonchev–Trinajstić information content (AvgIpc) is 2.76. The molecule has 1 aliphatic rings. The highest BCUT2D eigenvalue weighted by Gasteiger charge is 2.20. The van der Waals surface area contributed by atoms with Crippen LogP contribution in [0.3, 0.4) is 0 Å². The van der Waals surface area contributed by atoms with Crippen LogP contribution in [0.25, 0.3) is 0 Å². The Kier molecular flexibility index (Phi) is 5.40. The van der Waals surface area contributed by atoms with Crippen molar-refractivity contribution in [3.8, 4) is 0 Å². The molecule has 2 N–H and O–H groups in total. The Morgan fingerprint density at radius 2 is 2.00 bits per heavy atom. The van der Waals surface area contributed by atoms with Gasteiger partial charge in [-0.15, -0.1) is 10.2 Å². The van der Waals surface area contributed by atoms with Gasteiger partial charge in [0, 0.05) is 0 Å². The monoisotopic (exact) mass is 277 g/mol. The number of aryl methyl sites for hydroxylation is 2. The number of anilines is 1. The predicted molar refractivity (Wildman–Crippen MR) is 77.5 cm³/mol. The van der Waals surface area contributed by atoms with E-state index in [9.17, 15) is 4.79 Å². The van der Waals surface area contributed by atoms with E-state index >= 15 is 0 Å². The topological polar surface area (TPSA) is 79.8 Å². The van der Waals surface area contributed by atoms with Gasteiger partial charge in [0.15, 0.2) is 0 Å². The third-order valence-corrected chi connectivity index (χ3v) is 3.62. The summed E-state index contributed by atoms with van der Waals surface area (Å²) < 4.78 is 0. The summed E-state index contributed by atoms with van der Waals surface area (Å²) >= 11 is 0. The normalized spacial score (nSPS) is 19.4. The van der Waals surface area contributed by atoms with Gasteiger partial charge in [-0.05, 0) is 32.2 Å². The highest BCUT2D eigenvalue weighted by molar-refractivity contribution is 5.93. The molecule has 2 rings (SSSR count). The Hall–Kier alpha value is -1.56. The van der Waals surface area contributed by atoms with Gasteiger partial charge in [0.2, 0.25) is 11.9 Å². The summed E-state index contributed by atoms with van der Waals surface area (Å²) in [5, 5.41) is 14.2. The minimum Gasteiger partial charge on any atom is -0.306 e. The molecule has 0 aliphatic carbocycles. The molecule has 1 aromatic heterocycles. The van der Waals surface area contributed by atoms with Gasteiger partial charge in [0.05, 0.1) is 17.4 Å². The molecule has 0 saturated carbocycles. The molecule has 6 heteroatoms. The third kappa shape index (κ3) is 3.72. The summed E-state index contributed by atoms with van der Waals surface area (Å²) in [6, 6.07) is -0.142. The molecule has 0 spiro atoms. The Morgan fingerprint density at radius 3 is 2.75 bits per heavy atom. The molecule has 0 aromatic carbocycles. The van der Waals surface area contributed by atoms with Crippen molar-refractivity contribution in [3.05, 3.63) is 11.4 Å². The molecule has 2 heterocycles. The second kappa shape index (κ2) is 7.28. The van der Waals surface area contributed by atoms with Crippen LogP contribution < -0.4 is 10.6 Å². The van der Waals surface area contributed by atoms with Gasteiger partial charge in [0.1, 0.15) is 0 Å². The first kappa shape index (κ1) is 14.8. The van der Waals surface area contributed by atoms with Gasteiger partial charge < -0.3 is 5.32 Å². The van der Waals surface area contributed by atoms with E-state index in [2.05, 4.69) is 25.8 Å². The van der Waals surface area contributed by atoms with Crippen molar-refractivity contribution in [3.63, 3.8) is 0 Å². The molecule has 1 unspecified atom stereocenters. The Bertz CT molecular complexity index is 455. The van der Waals surface area contributed by atoms with Crippen LogP contribution in [0.1, 0.15) is 50.9 Å². The molecule has 1 saturated heterocycles. The number of carbonyl (C=O) groups is 1. The fourth-order valence-corrected chi connectivity index (χ4v) is 2.44. The van der Waals surface area contributed by atoms with Crippen LogP contribution in [0.5, 0.6) is 0 Å². The van der Waals surface area contributed by atoms with Gasteiger partial charge in [-0.1, -0.05) is 26.7 Å². The maximum atomic E-state index is 12.2. The lowest BCUT2D eigenvalue weighted by Gasteiger charge is -2.15. The Balaban J connectivity index is 2.03. The number of hydrogen-bond donors (Lipinski definition) is 2. The first-order valence-corrected chi connectivity index (χ1v) is 7.51. The molecule has 20 heavy (non-hydrogen) atoms. The van der Waals surface area contributed by atoms with Crippen molar-refractivity contribution >= 4 is 11.9 Å². The second-order valence-electron chi connectivity index (χ2n) is 5.08. The van der Waals surface area contributed by atoms with E-state index in [1.165, 1.54) is 6.42 Å². The first-order chi connectivity index (χ1) is 9.74. The Labute approximate surface area is 119 Å². The number of hydrogen-bond acceptors (Lipinski definition) is 5. The summed E-state index contributed by atoms with van der Waals surface area (Å²) in [5.41, 5.74) is 1.81. The fourth-order valence-electron chi connectivity index (χ4n) is 2.44. The van der Waals surface area contributed by atoms with E-state index in [1.807, 2.05) is 13.8 Å². The quantitative estimate of drug-likeness (QED) is 0.871. The van der Waals surface area contributed by atoms with Crippen molar-refractivity contribution in [1.29, 1.82) is 0 Å². The van der Waals surface area contributed by atoms with E-state index < -0.39 is 0 Å². The van der Waals surface area contributed by atoms with Gasteiger partial charge >= 0.3 is 0 Å². The van der Waals surface area contributed by atoms with E-state index in [1.54, 1.807) is 0 Å². The predicted octanol–water partition coefficient (Wildman–Crippen LogP) is 1.47. The number of carbonyl (C=O) groups excluding carboxylic acids is 1. The Morgan fingerprint density at radius 1 is 1.20 bits per heavy atom. The lowest BCUT2D eigenvalue weighted by molar-refractivity contribution is -0.118. The fraction of sp³-hybridized carbons (Fsp3) is 0.714. The third-order valence-electron chi connectivity index (χ3n) is 3.62. The van der Waals surface area contributed by atoms with Crippen LogP contribution in [0.15, 0.2) is 0 Å². The molecule has 1 fully saturated rings. The highest BCUT2D eigenvalue weighted by Crippen LogP contribution is 2.11. The summed E-state index contributed by atoms with van der Waals surface area (Å²) in [6.07, 6.45) is 5.87. The van der Waals surface area contributed by atoms with Crippen LogP contribution in [0, 0.1) is 0 Å². The van der Waals surface area contributed by atoms with Crippen LogP contribution in [0.2, 0.25) is 0 Å². The zero-order valence-corrected chi connectivity index (χ0v) is 12.3. The maximum absolute atomic E-state index is 12.2. The number of amides is 1. The number of rotatable bonds is 4. The summed E-state index contributed by atoms with van der Waals surface area (Å²) in [6.45, 7) is 4.95. The lowest BCUT2D eigenvalue weighted by atomic mass is 10.1. The maximum Gasteiger partial charge on any atom is 0.249 e. The van der Waals surface area contributed by atoms with Gasteiger partial charge in [-0.3, -0.25) is 10.1 Å². The number of nitrogens with one attached hydrogen (secondary N) is 2. The van der Waals surface area contributed by atoms with E-state index in [-0.39, 0.29) is 11.9 Å². The molecule has 1 aliphatic heterocycles. The standard InChI is InChI=1S/C14H23N5O/c1-3-10-11(4-2)18-19-14(16-10)17-13(20)12-8-6-5-7-9-15-12/h12,15H,3-9H2,1-2H3,(H,16,17,19,20). The minimum absolute atomic E-state index is 0.0556. The van der Waals surface area contributed by atoms with E-state index in [0.717, 1.165) is 50.0 Å². The SMILES string of the molecule is CCc1nnc(NC(=O)C2CCCCCN2)nc1CC. The minimum atomic E-state index is -0.142. The smallest absolute Gasteiger partial charge is 0.249 e. The van der Waals surface area contributed by atoms with Gasteiger partial charge in [-0.2, -0.15) is 0 Å². The zero-order chi connectivity index (χ0) is 14.4. The van der Waals surface area contributed by atoms with Crippen molar-refractivity contribution in [2.75, 3.05) is 11.9 Å². The van der Waals surface area contributed by atoms with Crippen molar-refractivity contribution in [2.24, 2.45) is 0 Å². The molecule has 1 amide bonds. The van der Waals surface area contributed by atoms with Crippen LogP contribution in [-0.2, 0) is 17.6 Å². The lowest BCUT2D eigenvalue weighted by Crippen LogP contribution is -2.40. The molecule has 6 nitrogen and oxygen atoms in total. The molecule has 0 radical (unpaired) electrons. The number of aromatic nitrogens is 3. The van der Waals surface area contributed by atoms with Crippen LogP contribution >= 0.6 is 0 Å². The van der Waals surface area contributed by atoms with Crippen LogP contribution in [-0.4, -0.2) is 33.7 Å². The summed E-state index contributed by atoms with van der Waals surface area (Å²) in [7, 11) is 0. The van der Waals surface area contributed by atoms with Crippen molar-refractivity contribution < 1.29 is 4.79 Å². The van der Waals surface area contributed by atoms with Crippen molar-refractivity contribution in [2.45, 2.75) is 58.4 Å². The summed E-state index contributed by atoms with van der Waals surface area (Å²) in [4.78, 5) is 16.6. The molecule has 110 valence electrons. The average molecular weight is 277 g/mol. The molecular formula is C14H23N5O. The van der Waals surface area contributed by atoms with Gasteiger partial charge in [-0.25, -0.2) is 4.98 Å². The molecular weight excluding hydrogens is 254 g/mol. The van der Waals surface area contributed by atoms with Crippen LogP contribution in [0.4, 0.5) is 5.95 Å². The molecule has 1 aromatic rings. The zero-order valence-electron chi connectivity index (χ0n) is 12.3. The van der Waals surface area contributed by atoms with E-state index in [0.29, 0.717) is 5.95 Å².